The zero-order chi connectivity index (χ0) is 21.3. The van der Waals surface area contributed by atoms with Crippen LogP contribution in [0.1, 0.15) is 22.8 Å². The molecule has 6 heteroatoms. The van der Waals surface area contributed by atoms with E-state index in [9.17, 15) is 9.59 Å². The molecule has 1 aromatic heterocycles. The molecule has 3 aromatic carbocycles. The maximum atomic E-state index is 12.5. The Morgan fingerprint density at radius 3 is 2.47 bits per heavy atom. The van der Waals surface area contributed by atoms with Crippen LogP contribution in [0.25, 0.3) is 21.7 Å². The molecule has 0 radical (unpaired) electrons. The molecule has 0 saturated heterocycles. The van der Waals surface area contributed by atoms with E-state index >= 15 is 0 Å². The van der Waals surface area contributed by atoms with E-state index in [-0.39, 0.29) is 5.78 Å². The van der Waals surface area contributed by atoms with E-state index in [1.54, 1.807) is 44.6 Å². The zero-order valence-corrected chi connectivity index (χ0v) is 16.9. The smallest absolute Gasteiger partial charge is 0.344 e. The van der Waals surface area contributed by atoms with Crippen molar-refractivity contribution in [2.24, 2.45) is 0 Å². The summed E-state index contributed by atoms with van der Waals surface area (Å²) in [4.78, 5) is 24.2. The minimum absolute atomic E-state index is 0.115. The average molecular weight is 404 g/mol. The quantitative estimate of drug-likeness (QED) is 0.262. The predicted molar refractivity (Wildman–Crippen MR) is 114 cm³/mol. The van der Waals surface area contributed by atoms with Gasteiger partial charge in [-0.05, 0) is 36.8 Å². The van der Waals surface area contributed by atoms with E-state index in [1.165, 1.54) is 6.92 Å². The molecule has 0 unspecified atom stereocenters. The van der Waals surface area contributed by atoms with Gasteiger partial charge in [-0.1, -0.05) is 24.3 Å². The molecule has 0 spiro atoms. The van der Waals surface area contributed by atoms with E-state index in [4.69, 9.17) is 18.6 Å². The fourth-order valence-electron chi connectivity index (χ4n) is 3.35. The Morgan fingerprint density at radius 2 is 1.73 bits per heavy atom. The monoisotopic (exact) mass is 404 g/mol. The maximum Gasteiger partial charge on any atom is 0.344 e. The number of benzene rings is 3. The van der Waals surface area contributed by atoms with Crippen LogP contribution in [0.3, 0.4) is 0 Å². The predicted octanol–water partition coefficient (Wildman–Crippen LogP) is 4.75. The van der Waals surface area contributed by atoms with Crippen LogP contribution in [0, 0.1) is 0 Å². The number of hydrogen-bond donors (Lipinski definition) is 0. The van der Waals surface area contributed by atoms with Gasteiger partial charge in [-0.15, -0.1) is 0 Å². The van der Waals surface area contributed by atoms with Crippen LogP contribution in [0.15, 0.2) is 63.8 Å². The normalized spacial score (nSPS) is 10.9. The molecule has 0 aliphatic heterocycles. The molecule has 0 bridgehead atoms. The van der Waals surface area contributed by atoms with E-state index < -0.39 is 5.63 Å². The van der Waals surface area contributed by atoms with Crippen molar-refractivity contribution in [1.29, 1.82) is 0 Å². The van der Waals surface area contributed by atoms with Crippen LogP contribution in [0.5, 0.6) is 17.2 Å². The van der Waals surface area contributed by atoms with E-state index in [1.807, 2.05) is 24.3 Å². The SMILES string of the molecule is COc1cccc(COc2cc3oc(=O)c4cc(C(C)=O)ccc4c3cc2OC)c1. The number of fused-ring (bicyclic) bond motifs is 3. The second-order valence-electron chi connectivity index (χ2n) is 6.85. The standard InChI is InChI=1S/C24H20O6/c1-14(25)16-7-8-18-19-11-22(28-3)23(12-21(19)30-24(26)20(18)10-16)29-13-15-5-4-6-17(9-15)27-2/h4-12H,13H2,1-3H3. The number of rotatable bonds is 6. The lowest BCUT2D eigenvalue weighted by Crippen LogP contribution is -2.03. The summed E-state index contributed by atoms with van der Waals surface area (Å²) in [7, 11) is 3.16. The highest BCUT2D eigenvalue weighted by atomic mass is 16.5. The third-order valence-electron chi connectivity index (χ3n) is 4.93. The van der Waals surface area contributed by atoms with Crippen molar-refractivity contribution in [2.75, 3.05) is 14.2 Å². The number of hydrogen-bond acceptors (Lipinski definition) is 6. The van der Waals surface area contributed by atoms with Gasteiger partial charge in [0.25, 0.3) is 0 Å². The Labute approximate surface area is 172 Å². The highest BCUT2D eigenvalue weighted by Crippen LogP contribution is 2.35. The average Bonchev–Trinajstić information content (AvgIpc) is 2.77. The van der Waals surface area contributed by atoms with Crippen molar-refractivity contribution in [1.82, 2.24) is 0 Å². The van der Waals surface area contributed by atoms with Gasteiger partial charge < -0.3 is 18.6 Å². The number of carbonyl (C=O) groups is 1. The molecule has 4 rings (SSSR count). The molecule has 4 aromatic rings. The second-order valence-corrected chi connectivity index (χ2v) is 6.85. The molecule has 0 amide bonds. The fraction of sp³-hybridized carbons (Fsp3) is 0.167. The number of carbonyl (C=O) groups excluding carboxylic acids is 1. The Morgan fingerprint density at radius 1 is 0.900 bits per heavy atom. The summed E-state index contributed by atoms with van der Waals surface area (Å²) in [6, 6.07) is 16.0. The lowest BCUT2D eigenvalue weighted by molar-refractivity contribution is 0.101. The molecule has 0 atom stereocenters. The molecule has 0 N–H and O–H groups in total. The third-order valence-corrected chi connectivity index (χ3v) is 4.93. The van der Waals surface area contributed by atoms with Gasteiger partial charge in [-0.3, -0.25) is 4.79 Å². The molecule has 152 valence electrons. The lowest BCUT2D eigenvalue weighted by atomic mass is 10.0. The third kappa shape index (κ3) is 3.59. The summed E-state index contributed by atoms with van der Waals surface area (Å²) in [6.07, 6.45) is 0. The fourth-order valence-corrected chi connectivity index (χ4v) is 3.35. The summed E-state index contributed by atoms with van der Waals surface area (Å²) in [5, 5.41) is 1.73. The van der Waals surface area contributed by atoms with Crippen molar-refractivity contribution in [3.05, 3.63) is 76.1 Å². The summed E-state index contributed by atoms with van der Waals surface area (Å²) in [6.45, 7) is 1.75. The molecule has 1 heterocycles. The molecule has 0 aliphatic carbocycles. The molecule has 0 fully saturated rings. The first-order valence-corrected chi connectivity index (χ1v) is 9.35. The highest BCUT2D eigenvalue weighted by molar-refractivity contribution is 6.07. The largest absolute Gasteiger partial charge is 0.497 e. The van der Waals surface area contributed by atoms with Crippen LogP contribution in [-0.4, -0.2) is 20.0 Å². The summed E-state index contributed by atoms with van der Waals surface area (Å²) < 4.78 is 22.2. The highest BCUT2D eigenvalue weighted by Gasteiger charge is 2.15. The summed E-state index contributed by atoms with van der Waals surface area (Å²) in [5.41, 5.74) is 1.25. The number of ether oxygens (including phenoxy) is 3. The summed E-state index contributed by atoms with van der Waals surface area (Å²) >= 11 is 0. The Hall–Kier alpha value is -3.80. The Kier molecular flexibility index (Phi) is 5.14. The van der Waals surface area contributed by atoms with E-state index in [0.29, 0.717) is 45.4 Å². The topological polar surface area (TPSA) is 75.0 Å². The van der Waals surface area contributed by atoms with Crippen molar-refractivity contribution in [2.45, 2.75) is 13.5 Å². The van der Waals surface area contributed by atoms with Gasteiger partial charge in [0.2, 0.25) is 0 Å². The van der Waals surface area contributed by atoms with E-state index in [0.717, 1.165) is 11.3 Å². The minimum Gasteiger partial charge on any atom is -0.497 e. The molecule has 30 heavy (non-hydrogen) atoms. The van der Waals surface area contributed by atoms with E-state index in [2.05, 4.69) is 0 Å². The van der Waals surface area contributed by atoms with Crippen LogP contribution in [0.2, 0.25) is 0 Å². The first-order chi connectivity index (χ1) is 14.5. The van der Waals surface area contributed by atoms with Gasteiger partial charge in [-0.2, -0.15) is 0 Å². The Balaban J connectivity index is 1.78. The molecule has 6 nitrogen and oxygen atoms in total. The molecular formula is C24H20O6. The number of Topliss-reactive ketones (excluding diaryl/α,β-unsaturated/α-hetero) is 1. The van der Waals surface area contributed by atoms with Gasteiger partial charge in [0.1, 0.15) is 17.9 Å². The van der Waals surface area contributed by atoms with Gasteiger partial charge in [0, 0.05) is 22.4 Å². The van der Waals surface area contributed by atoms with Crippen LogP contribution >= 0.6 is 0 Å². The lowest BCUT2D eigenvalue weighted by Gasteiger charge is -2.13. The summed E-state index contributed by atoms with van der Waals surface area (Å²) in [5.74, 6) is 1.59. The van der Waals surface area contributed by atoms with Crippen LogP contribution in [-0.2, 0) is 6.61 Å². The molecule has 0 saturated carbocycles. The van der Waals surface area contributed by atoms with Crippen LogP contribution in [0.4, 0.5) is 0 Å². The molecular weight excluding hydrogens is 384 g/mol. The van der Waals surface area contributed by atoms with Crippen molar-refractivity contribution in [3.63, 3.8) is 0 Å². The molecule has 0 aliphatic rings. The zero-order valence-electron chi connectivity index (χ0n) is 16.9. The Bertz CT molecular complexity index is 1320. The minimum atomic E-state index is -0.510. The van der Waals surface area contributed by atoms with Gasteiger partial charge >= 0.3 is 5.63 Å². The van der Waals surface area contributed by atoms with Gasteiger partial charge in [0.15, 0.2) is 17.3 Å². The first-order valence-electron chi connectivity index (χ1n) is 9.35. The van der Waals surface area contributed by atoms with Gasteiger partial charge in [0.05, 0.1) is 19.6 Å². The van der Waals surface area contributed by atoms with Crippen molar-refractivity contribution < 1.29 is 23.4 Å². The number of methoxy groups -OCH3 is 2. The van der Waals surface area contributed by atoms with Crippen LogP contribution < -0.4 is 19.8 Å². The number of ketones is 1. The second kappa shape index (κ2) is 7.91. The maximum absolute atomic E-state index is 12.5. The van der Waals surface area contributed by atoms with Crippen molar-refractivity contribution in [3.8, 4) is 17.2 Å². The van der Waals surface area contributed by atoms with Gasteiger partial charge in [-0.25, -0.2) is 4.79 Å². The first kappa shape index (κ1) is 19.5. The van der Waals surface area contributed by atoms with Crippen molar-refractivity contribution >= 4 is 27.5 Å².